The summed E-state index contributed by atoms with van der Waals surface area (Å²) in [4.78, 5) is 0. The van der Waals surface area contributed by atoms with Crippen LogP contribution in [0, 0.1) is 0 Å². The third-order valence-electron chi connectivity index (χ3n) is 2.91. The molecule has 1 unspecified atom stereocenters. The molecule has 1 nitrogen and oxygen atoms in total. The maximum atomic E-state index is 5.77. The van der Waals surface area contributed by atoms with Crippen LogP contribution >= 0.6 is 11.6 Å². The van der Waals surface area contributed by atoms with Crippen LogP contribution in [0.2, 0.25) is 0 Å². The Kier molecular flexibility index (Phi) is 3.45. The molecule has 0 saturated carbocycles. The molecule has 0 heterocycles. The van der Waals surface area contributed by atoms with Crippen LogP contribution in [0.25, 0.3) is 0 Å². The second kappa shape index (κ2) is 4.82. The number of halogens is 1. The number of benzene rings is 1. The lowest BCUT2D eigenvalue weighted by Crippen LogP contribution is -2.26. The van der Waals surface area contributed by atoms with E-state index in [1.54, 1.807) is 0 Å². The number of rotatable bonds is 3. The fraction of sp³-hybridized carbons (Fsp3) is 0.385. The molecule has 1 N–H and O–H groups in total. The normalized spacial score (nSPS) is 19.7. The summed E-state index contributed by atoms with van der Waals surface area (Å²) < 4.78 is 0. The lowest BCUT2D eigenvalue weighted by atomic mass is 9.88. The Labute approximate surface area is 96.1 Å². The maximum absolute atomic E-state index is 5.77. The van der Waals surface area contributed by atoms with Gasteiger partial charge in [-0.2, -0.15) is 0 Å². The first-order valence-electron chi connectivity index (χ1n) is 5.42. The molecule has 0 bridgehead atoms. The van der Waals surface area contributed by atoms with Crippen LogP contribution < -0.4 is 5.32 Å². The van der Waals surface area contributed by atoms with E-state index in [2.05, 4.69) is 36.2 Å². The molecular weight excluding hydrogens is 206 g/mol. The lowest BCUT2D eigenvalue weighted by Gasteiger charge is -2.26. The van der Waals surface area contributed by atoms with Gasteiger partial charge in [-0.1, -0.05) is 42.4 Å². The number of nitrogens with one attached hydrogen (secondary N) is 1. The Morgan fingerprint density at radius 2 is 2.27 bits per heavy atom. The molecule has 2 rings (SSSR count). The first kappa shape index (κ1) is 10.7. The minimum Gasteiger partial charge on any atom is -0.305 e. The van der Waals surface area contributed by atoms with Gasteiger partial charge in [0.25, 0.3) is 0 Å². The fourth-order valence-corrected chi connectivity index (χ4v) is 2.28. The Bertz CT molecular complexity index is 359. The van der Waals surface area contributed by atoms with Gasteiger partial charge in [-0.05, 0) is 30.4 Å². The summed E-state index contributed by atoms with van der Waals surface area (Å²) in [5.41, 5.74) is 2.91. The van der Waals surface area contributed by atoms with Gasteiger partial charge >= 0.3 is 0 Å². The molecule has 1 aromatic rings. The molecule has 1 aliphatic rings. The number of hydrogen-bond donors (Lipinski definition) is 1. The minimum absolute atomic E-state index is 0.449. The van der Waals surface area contributed by atoms with Crippen LogP contribution in [0.3, 0.4) is 0 Å². The van der Waals surface area contributed by atoms with Crippen molar-refractivity contribution >= 4 is 11.6 Å². The summed E-state index contributed by atoms with van der Waals surface area (Å²) in [6.07, 6.45) is 3.65. The van der Waals surface area contributed by atoms with E-state index in [-0.39, 0.29) is 0 Å². The lowest BCUT2D eigenvalue weighted by molar-refractivity contribution is 0.479. The predicted molar refractivity (Wildman–Crippen MR) is 65.1 cm³/mol. The summed E-state index contributed by atoms with van der Waals surface area (Å²) in [5.74, 6) is 0. The van der Waals surface area contributed by atoms with Gasteiger partial charge in [-0.25, -0.2) is 0 Å². The van der Waals surface area contributed by atoms with Crippen molar-refractivity contribution < 1.29 is 0 Å². The number of fused-ring (bicyclic) bond motifs is 1. The molecule has 15 heavy (non-hydrogen) atoms. The van der Waals surface area contributed by atoms with Crippen LogP contribution in [0.4, 0.5) is 0 Å². The van der Waals surface area contributed by atoms with Crippen molar-refractivity contribution in [3.63, 3.8) is 0 Å². The minimum atomic E-state index is 0.449. The molecular formula is C13H16ClN. The average molecular weight is 222 g/mol. The summed E-state index contributed by atoms with van der Waals surface area (Å²) >= 11 is 5.77. The van der Waals surface area contributed by atoms with Crippen molar-refractivity contribution in [2.45, 2.75) is 25.3 Å². The van der Waals surface area contributed by atoms with Crippen LogP contribution in [0.1, 0.15) is 30.0 Å². The first-order chi connectivity index (χ1) is 7.27. The summed E-state index contributed by atoms with van der Waals surface area (Å²) in [7, 11) is 0. The third kappa shape index (κ3) is 2.61. The maximum Gasteiger partial charge on any atom is 0.0326 e. The van der Waals surface area contributed by atoms with E-state index < -0.39 is 0 Å². The molecule has 0 spiro atoms. The van der Waals surface area contributed by atoms with E-state index in [4.69, 9.17) is 11.6 Å². The monoisotopic (exact) mass is 221 g/mol. The predicted octanol–water partition coefficient (Wildman–Crippen LogP) is 3.41. The second-order valence-corrected chi connectivity index (χ2v) is 4.58. The zero-order valence-corrected chi connectivity index (χ0v) is 9.56. The van der Waals surface area contributed by atoms with Gasteiger partial charge in [0.2, 0.25) is 0 Å². The number of aryl methyl sites for hydroxylation is 1. The summed E-state index contributed by atoms with van der Waals surface area (Å²) in [5, 5.41) is 4.12. The highest BCUT2D eigenvalue weighted by atomic mass is 35.5. The summed E-state index contributed by atoms with van der Waals surface area (Å²) in [6.45, 7) is 4.39. The molecule has 2 heteroatoms. The average Bonchev–Trinajstić information content (AvgIpc) is 2.26. The molecule has 80 valence electrons. The first-order valence-corrected chi connectivity index (χ1v) is 5.79. The van der Waals surface area contributed by atoms with Gasteiger partial charge in [0.05, 0.1) is 0 Å². The van der Waals surface area contributed by atoms with E-state index in [1.807, 2.05) is 0 Å². The van der Waals surface area contributed by atoms with Crippen LogP contribution in [0.5, 0.6) is 0 Å². The highest BCUT2D eigenvalue weighted by Gasteiger charge is 2.18. The van der Waals surface area contributed by atoms with E-state index in [1.165, 1.54) is 30.4 Å². The summed E-state index contributed by atoms with van der Waals surface area (Å²) in [6, 6.07) is 9.10. The van der Waals surface area contributed by atoms with Crippen molar-refractivity contribution in [3.05, 3.63) is 47.0 Å². The van der Waals surface area contributed by atoms with E-state index in [0.717, 1.165) is 0 Å². The SMILES string of the molecule is C=C(Cl)CNC1CCCc2ccccc21. The van der Waals surface area contributed by atoms with Gasteiger partial charge in [0, 0.05) is 17.6 Å². The smallest absolute Gasteiger partial charge is 0.0326 e. The van der Waals surface area contributed by atoms with Crippen molar-refractivity contribution in [2.24, 2.45) is 0 Å². The molecule has 0 fully saturated rings. The Balaban J connectivity index is 2.11. The zero-order valence-electron chi connectivity index (χ0n) is 8.80. The Hall–Kier alpha value is -0.790. The quantitative estimate of drug-likeness (QED) is 0.825. The molecule has 1 atom stereocenters. The second-order valence-electron chi connectivity index (χ2n) is 4.04. The van der Waals surface area contributed by atoms with Crippen molar-refractivity contribution in [3.8, 4) is 0 Å². The van der Waals surface area contributed by atoms with E-state index >= 15 is 0 Å². The van der Waals surface area contributed by atoms with E-state index in [0.29, 0.717) is 17.6 Å². The van der Waals surface area contributed by atoms with Crippen LogP contribution in [-0.4, -0.2) is 6.54 Å². The van der Waals surface area contributed by atoms with Gasteiger partial charge in [-0.3, -0.25) is 0 Å². The molecule has 1 aliphatic carbocycles. The van der Waals surface area contributed by atoms with E-state index in [9.17, 15) is 0 Å². The number of hydrogen-bond acceptors (Lipinski definition) is 1. The topological polar surface area (TPSA) is 12.0 Å². The zero-order chi connectivity index (χ0) is 10.7. The van der Waals surface area contributed by atoms with Gasteiger partial charge < -0.3 is 5.32 Å². The third-order valence-corrected chi connectivity index (χ3v) is 3.04. The Morgan fingerprint density at radius 3 is 3.07 bits per heavy atom. The van der Waals surface area contributed by atoms with Crippen molar-refractivity contribution in [1.29, 1.82) is 0 Å². The molecule has 0 aliphatic heterocycles. The molecule has 0 saturated heterocycles. The van der Waals surface area contributed by atoms with Crippen LogP contribution in [0.15, 0.2) is 35.9 Å². The fourth-order valence-electron chi connectivity index (χ4n) is 2.20. The van der Waals surface area contributed by atoms with Gasteiger partial charge in [0.15, 0.2) is 0 Å². The van der Waals surface area contributed by atoms with Crippen molar-refractivity contribution in [1.82, 2.24) is 5.32 Å². The molecule has 0 aromatic heterocycles. The highest BCUT2D eigenvalue weighted by Crippen LogP contribution is 2.29. The Morgan fingerprint density at radius 1 is 1.47 bits per heavy atom. The van der Waals surface area contributed by atoms with Gasteiger partial charge in [0.1, 0.15) is 0 Å². The van der Waals surface area contributed by atoms with Gasteiger partial charge in [-0.15, -0.1) is 0 Å². The highest BCUT2D eigenvalue weighted by molar-refractivity contribution is 6.29. The van der Waals surface area contributed by atoms with Crippen LogP contribution in [-0.2, 0) is 6.42 Å². The van der Waals surface area contributed by atoms with Crippen molar-refractivity contribution in [2.75, 3.05) is 6.54 Å². The molecule has 0 amide bonds. The largest absolute Gasteiger partial charge is 0.305 e. The molecule has 1 aromatic carbocycles. The standard InChI is InChI=1S/C13H16ClN/c1-10(14)9-15-13-8-4-6-11-5-2-3-7-12(11)13/h2-3,5,7,13,15H,1,4,6,8-9H2. The molecule has 0 radical (unpaired) electrons.